The van der Waals surface area contributed by atoms with Gasteiger partial charge in [0.1, 0.15) is 5.60 Å². The summed E-state index contributed by atoms with van der Waals surface area (Å²) in [7, 11) is 0. The van der Waals surface area contributed by atoms with Gasteiger partial charge in [0.05, 0.1) is 6.42 Å². The third-order valence-electron chi connectivity index (χ3n) is 4.66. The quantitative estimate of drug-likeness (QED) is 0.735. The Morgan fingerprint density at radius 1 is 1.03 bits per heavy atom. The third-order valence-corrected chi connectivity index (χ3v) is 4.66. The first kappa shape index (κ1) is 20.6. The summed E-state index contributed by atoms with van der Waals surface area (Å²) in [5.74, 6) is -1.60. The lowest BCUT2D eigenvalue weighted by Crippen LogP contribution is -2.51. The molecular formula is C23H25NO5. The number of hydrogen-bond donors (Lipinski definition) is 0. The average Bonchev–Trinajstić information content (AvgIpc) is 2.91. The van der Waals surface area contributed by atoms with Crippen LogP contribution in [0.5, 0.6) is 0 Å². The standard InChI is InChI=1S/C23H25NO5/c1-22(2,3)29-18(25)15-23(4)21(27)28-20(17-13-9-6-10-14-17)24(23)19(26)16-11-7-5-8-12-16/h5-14,20H,15H2,1-4H3/t20-,23-/m0/s1. The summed E-state index contributed by atoms with van der Waals surface area (Å²) in [5.41, 5.74) is -1.14. The monoisotopic (exact) mass is 395 g/mol. The van der Waals surface area contributed by atoms with E-state index >= 15 is 0 Å². The van der Waals surface area contributed by atoms with Crippen molar-refractivity contribution in [3.8, 4) is 0 Å². The van der Waals surface area contributed by atoms with Crippen molar-refractivity contribution in [2.75, 3.05) is 0 Å². The Hall–Kier alpha value is -3.15. The fourth-order valence-corrected chi connectivity index (χ4v) is 3.34. The molecule has 2 aromatic rings. The van der Waals surface area contributed by atoms with Gasteiger partial charge in [0, 0.05) is 11.1 Å². The summed E-state index contributed by atoms with van der Waals surface area (Å²) >= 11 is 0. The zero-order chi connectivity index (χ0) is 21.2. The van der Waals surface area contributed by atoms with E-state index in [0.29, 0.717) is 11.1 Å². The number of nitrogens with zero attached hydrogens (tertiary/aromatic N) is 1. The normalized spacial score (nSPS) is 21.6. The predicted molar refractivity (Wildman–Crippen MR) is 107 cm³/mol. The van der Waals surface area contributed by atoms with Gasteiger partial charge >= 0.3 is 11.9 Å². The summed E-state index contributed by atoms with van der Waals surface area (Å²) in [6.45, 7) is 6.79. The van der Waals surface area contributed by atoms with Crippen LogP contribution in [-0.2, 0) is 19.1 Å². The highest BCUT2D eigenvalue weighted by atomic mass is 16.6. The zero-order valence-electron chi connectivity index (χ0n) is 17.0. The SMILES string of the molecule is CC(C)(C)OC(=O)C[C@@]1(C)C(=O)O[C@@H](c2ccccc2)N1C(=O)c1ccccc1. The molecule has 0 unspecified atom stereocenters. The van der Waals surface area contributed by atoms with Crippen molar-refractivity contribution in [2.24, 2.45) is 0 Å². The van der Waals surface area contributed by atoms with Crippen molar-refractivity contribution in [1.29, 1.82) is 0 Å². The van der Waals surface area contributed by atoms with Crippen LogP contribution in [0.2, 0.25) is 0 Å². The van der Waals surface area contributed by atoms with Crippen molar-refractivity contribution in [1.82, 2.24) is 4.90 Å². The molecule has 3 rings (SSSR count). The van der Waals surface area contributed by atoms with Gasteiger partial charge in [0.25, 0.3) is 5.91 Å². The summed E-state index contributed by atoms with van der Waals surface area (Å²) in [6.07, 6.45) is -1.23. The highest BCUT2D eigenvalue weighted by Gasteiger charge is 2.56. The van der Waals surface area contributed by atoms with Crippen LogP contribution in [-0.4, -0.2) is 33.9 Å². The molecular weight excluding hydrogens is 370 g/mol. The van der Waals surface area contributed by atoms with Gasteiger partial charge in [-0.3, -0.25) is 14.5 Å². The fraction of sp³-hybridized carbons (Fsp3) is 0.348. The lowest BCUT2D eigenvalue weighted by Gasteiger charge is -2.33. The second-order valence-corrected chi connectivity index (χ2v) is 8.25. The Bertz CT molecular complexity index is 904. The summed E-state index contributed by atoms with van der Waals surface area (Å²) in [6, 6.07) is 17.6. The van der Waals surface area contributed by atoms with Gasteiger partial charge in [-0.05, 0) is 39.8 Å². The number of carbonyl (C=O) groups is 3. The van der Waals surface area contributed by atoms with Crippen molar-refractivity contribution < 1.29 is 23.9 Å². The van der Waals surface area contributed by atoms with E-state index in [9.17, 15) is 14.4 Å². The Labute approximate surface area is 170 Å². The molecule has 1 aliphatic rings. The minimum Gasteiger partial charge on any atom is -0.460 e. The molecule has 1 fully saturated rings. The molecule has 2 aromatic carbocycles. The van der Waals surface area contributed by atoms with E-state index in [1.807, 2.05) is 6.07 Å². The second-order valence-electron chi connectivity index (χ2n) is 8.25. The van der Waals surface area contributed by atoms with E-state index in [4.69, 9.17) is 9.47 Å². The Kier molecular flexibility index (Phi) is 5.46. The number of hydrogen-bond acceptors (Lipinski definition) is 5. The summed E-state index contributed by atoms with van der Waals surface area (Å²) in [5, 5.41) is 0. The van der Waals surface area contributed by atoms with Gasteiger partial charge in [-0.1, -0.05) is 48.5 Å². The first-order valence-electron chi connectivity index (χ1n) is 9.48. The summed E-state index contributed by atoms with van der Waals surface area (Å²) < 4.78 is 11.0. The molecule has 6 heteroatoms. The topological polar surface area (TPSA) is 72.9 Å². The molecule has 0 bridgehead atoms. The number of carbonyl (C=O) groups excluding carboxylic acids is 3. The third kappa shape index (κ3) is 4.31. The Morgan fingerprint density at radius 2 is 1.59 bits per heavy atom. The molecule has 152 valence electrons. The molecule has 1 saturated heterocycles. The Morgan fingerprint density at radius 3 is 2.14 bits per heavy atom. The molecule has 1 amide bonds. The van der Waals surface area contributed by atoms with E-state index < -0.39 is 35.2 Å². The van der Waals surface area contributed by atoms with Gasteiger partial charge < -0.3 is 9.47 Å². The lowest BCUT2D eigenvalue weighted by molar-refractivity contribution is -0.160. The number of amides is 1. The van der Waals surface area contributed by atoms with Crippen LogP contribution in [0.25, 0.3) is 0 Å². The fourth-order valence-electron chi connectivity index (χ4n) is 3.34. The molecule has 29 heavy (non-hydrogen) atoms. The average molecular weight is 395 g/mol. The number of ether oxygens (including phenoxy) is 2. The molecule has 0 N–H and O–H groups in total. The van der Waals surface area contributed by atoms with Crippen molar-refractivity contribution in [2.45, 2.75) is 51.5 Å². The number of esters is 2. The molecule has 2 atom stereocenters. The maximum Gasteiger partial charge on any atom is 0.334 e. The molecule has 0 aliphatic carbocycles. The van der Waals surface area contributed by atoms with Gasteiger partial charge in [0.2, 0.25) is 6.23 Å². The highest BCUT2D eigenvalue weighted by Crippen LogP contribution is 2.41. The van der Waals surface area contributed by atoms with E-state index in [-0.39, 0.29) is 6.42 Å². The molecule has 6 nitrogen and oxygen atoms in total. The van der Waals surface area contributed by atoms with E-state index in [2.05, 4.69) is 0 Å². The van der Waals surface area contributed by atoms with Gasteiger partial charge in [0.15, 0.2) is 5.54 Å². The molecule has 1 aliphatic heterocycles. The first-order valence-corrected chi connectivity index (χ1v) is 9.48. The predicted octanol–water partition coefficient (Wildman–Crippen LogP) is 3.87. The molecule has 0 radical (unpaired) electrons. The van der Waals surface area contributed by atoms with Crippen LogP contribution >= 0.6 is 0 Å². The van der Waals surface area contributed by atoms with Gasteiger partial charge in [-0.15, -0.1) is 0 Å². The van der Waals surface area contributed by atoms with Crippen molar-refractivity contribution in [3.05, 3.63) is 71.8 Å². The van der Waals surface area contributed by atoms with Crippen LogP contribution in [0.4, 0.5) is 0 Å². The number of rotatable bonds is 4. The number of cyclic esters (lactones) is 1. The van der Waals surface area contributed by atoms with E-state index in [1.165, 1.54) is 4.90 Å². The van der Waals surface area contributed by atoms with Crippen molar-refractivity contribution >= 4 is 17.8 Å². The Balaban J connectivity index is 2.02. The van der Waals surface area contributed by atoms with Crippen LogP contribution in [0, 0.1) is 0 Å². The van der Waals surface area contributed by atoms with Crippen LogP contribution in [0.15, 0.2) is 60.7 Å². The lowest BCUT2D eigenvalue weighted by atomic mass is 9.94. The molecule has 0 spiro atoms. The maximum absolute atomic E-state index is 13.4. The number of benzene rings is 2. The smallest absolute Gasteiger partial charge is 0.334 e. The zero-order valence-corrected chi connectivity index (χ0v) is 17.0. The van der Waals surface area contributed by atoms with E-state index in [1.54, 1.807) is 82.3 Å². The largest absolute Gasteiger partial charge is 0.460 e. The van der Waals surface area contributed by atoms with E-state index in [0.717, 1.165) is 0 Å². The molecule has 0 saturated carbocycles. The minimum absolute atomic E-state index is 0.301. The minimum atomic E-state index is -1.49. The van der Waals surface area contributed by atoms with Gasteiger partial charge in [-0.2, -0.15) is 0 Å². The van der Waals surface area contributed by atoms with Crippen LogP contribution in [0.3, 0.4) is 0 Å². The second kappa shape index (κ2) is 7.70. The summed E-state index contributed by atoms with van der Waals surface area (Å²) in [4.78, 5) is 40.2. The first-order chi connectivity index (χ1) is 13.6. The molecule has 1 heterocycles. The highest BCUT2D eigenvalue weighted by molar-refractivity contribution is 6.01. The van der Waals surface area contributed by atoms with Crippen LogP contribution in [0.1, 0.15) is 56.3 Å². The van der Waals surface area contributed by atoms with Crippen molar-refractivity contribution in [3.63, 3.8) is 0 Å². The maximum atomic E-state index is 13.4. The van der Waals surface area contributed by atoms with Gasteiger partial charge in [-0.25, -0.2) is 4.79 Å². The van der Waals surface area contributed by atoms with Crippen LogP contribution < -0.4 is 0 Å². The molecule has 0 aromatic heterocycles.